The normalized spacial score (nSPS) is 23.2. The molecular weight excluding hydrogens is 204 g/mol. The lowest BCUT2D eigenvalue weighted by Gasteiger charge is -2.35. The predicted molar refractivity (Wildman–Crippen MR) is 65.2 cm³/mol. The van der Waals surface area contributed by atoms with Crippen molar-refractivity contribution in [2.45, 2.75) is 39.8 Å². The van der Waals surface area contributed by atoms with Crippen molar-refractivity contribution < 1.29 is 9.57 Å². The second-order valence-corrected chi connectivity index (χ2v) is 5.13. The fourth-order valence-electron chi connectivity index (χ4n) is 1.71. The van der Waals surface area contributed by atoms with E-state index in [9.17, 15) is 0 Å². The fraction of sp³-hybridized carbons (Fsp3) is 1.00. The molecule has 0 spiro atoms. The first-order valence-corrected chi connectivity index (χ1v) is 6.30. The van der Waals surface area contributed by atoms with Crippen LogP contribution in [0.2, 0.25) is 0 Å². The van der Waals surface area contributed by atoms with Crippen molar-refractivity contribution in [1.29, 1.82) is 0 Å². The summed E-state index contributed by atoms with van der Waals surface area (Å²) in [7, 11) is 0. The number of rotatable bonds is 6. The molecule has 0 aromatic carbocycles. The van der Waals surface area contributed by atoms with E-state index in [4.69, 9.17) is 9.57 Å². The Labute approximate surface area is 99.2 Å². The van der Waals surface area contributed by atoms with Crippen LogP contribution in [0.15, 0.2) is 0 Å². The summed E-state index contributed by atoms with van der Waals surface area (Å²) < 4.78 is 5.68. The van der Waals surface area contributed by atoms with E-state index in [1.807, 2.05) is 0 Å². The molecule has 1 aliphatic heterocycles. The van der Waals surface area contributed by atoms with E-state index in [1.54, 1.807) is 0 Å². The second kappa shape index (κ2) is 7.22. The Bertz CT molecular complexity index is 186. The van der Waals surface area contributed by atoms with Gasteiger partial charge in [0.15, 0.2) is 0 Å². The molecule has 1 saturated heterocycles. The summed E-state index contributed by atoms with van der Waals surface area (Å²) in [4.78, 5) is 7.79. The van der Waals surface area contributed by atoms with Crippen LogP contribution in [0.5, 0.6) is 0 Å². The van der Waals surface area contributed by atoms with Crippen LogP contribution in [0.25, 0.3) is 0 Å². The highest BCUT2D eigenvalue weighted by Gasteiger charge is 2.21. The van der Waals surface area contributed by atoms with Crippen molar-refractivity contribution in [3.05, 3.63) is 0 Å². The standard InChI is InChI=1S/C12H26N2O2/c1-10(2)9-16-13-7-12-8-14(11(3)4)5-6-15-12/h10-13H,5-9H2,1-4H3. The summed E-state index contributed by atoms with van der Waals surface area (Å²) in [5, 5.41) is 0. The van der Waals surface area contributed by atoms with Gasteiger partial charge in [0.25, 0.3) is 0 Å². The molecule has 16 heavy (non-hydrogen) atoms. The third-order valence-corrected chi connectivity index (χ3v) is 2.73. The maximum absolute atomic E-state index is 5.68. The molecule has 4 nitrogen and oxygen atoms in total. The number of hydroxylamine groups is 1. The molecule has 1 fully saturated rings. The highest BCUT2D eigenvalue weighted by Crippen LogP contribution is 2.07. The molecule has 1 N–H and O–H groups in total. The molecule has 1 rings (SSSR count). The van der Waals surface area contributed by atoms with Gasteiger partial charge in [-0.05, 0) is 19.8 Å². The Morgan fingerprint density at radius 1 is 1.38 bits per heavy atom. The molecule has 0 aromatic rings. The van der Waals surface area contributed by atoms with Crippen LogP contribution in [-0.4, -0.2) is 49.9 Å². The lowest BCUT2D eigenvalue weighted by atomic mass is 10.2. The molecule has 1 heterocycles. The number of hydrogen-bond donors (Lipinski definition) is 1. The van der Waals surface area contributed by atoms with Gasteiger partial charge in [-0.25, -0.2) is 0 Å². The van der Waals surface area contributed by atoms with Crippen LogP contribution in [0, 0.1) is 5.92 Å². The lowest BCUT2D eigenvalue weighted by molar-refractivity contribution is -0.0660. The largest absolute Gasteiger partial charge is 0.374 e. The van der Waals surface area contributed by atoms with Gasteiger partial charge in [0.05, 0.1) is 19.3 Å². The molecule has 0 radical (unpaired) electrons. The zero-order valence-electron chi connectivity index (χ0n) is 11.0. The monoisotopic (exact) mass is 230 g/mol. The van der Waals surface area contributed by atoms with Gasteiger partial charge in [0, 0.05) is 25.7 Å². The van der Waals surface area contributed by atoms with Gasteiger partial charge in [0.1, 0.15) is 0 Å². The Hall–Kier alpha value is -0.160. The van der Waals surface area contributed by atoms with Crippen molar-refractivity contribution in [2.75, 3.05) is 32.8 Å². The minimum Gasteiger partial charge on any atom is -0.374 e. The van der Waals surface area contributed by atoms with Crippen LogP contribution in [-0.2, 0) is 9.57 Å². The predicted octanol–water partition coefficient (Wildman–Crippen LogP) is 1.27. The Morgan fingerprint density at radius 2 is 2.12 bits per heavy atom. The molecule has 0 saturated carbocycles. The van der Waals surface area contributed by atoms with E-state index in [0.717, 1.165) is 32.8 Å². The van der Waals surface area contributed by atoms with Crippen molar-refractivity contribution in [1.82, 2.24) is 10.4 Å². The van der Waals surface area contributed by atoms with Gasteiger partial charge in [-0.1, -0.05) is 13.8 Å². The molecule has 0 aliphatic carbocycles. The molecular formula is C12H26N2O2. The molecule has 1 aliphatic rings. The van der Waals surface area contributed by atoms with Gasteiger partial charge in [0.2, 0.25) is 0 Å². The number of nitrogens with one attached hydrogen (secondary N) is 1. The molecule has 1 atom stereocenters. The maximum atomic E-state index is 5.68. The number of ether oxygens (including phenoxy) is 1. The smallest absolute Gasteiger partial charge is 0.0850 e. The quantitative estimate of drug-likeness (QED) is 0.550. The first-order chi connectivity index (χ1) is 7.59. The molecule has 96 valence electrons. The van der Waals surface area contributed by atoms with Crippen molar-refractivity contribution >= 4 is 0 Å². The highest BCUT2D eigenvalue weighted by atomic mass is 16.6. The van der Waals surface area contributed by atoms with Gasteiger partial charge in [-0.3, -0.25) is 4.90 Å². The molecule has 1 unspecified atom stereocenters. The number of hydrogen-bond acceptors (Lipinski definition) is 4. The summed E-state index contributed by atoms with van der Waals surface area (Å²) in [6.45, 7) is 13.1. The summed E-state index contributed by atoms with van der Waals surface area (Å²) >= 11 is 0. The van der Waals surface area contributed by atoms with E-state index in [1.165, 1.54) is 0 Å². The summed E-state index contributed by atoms with van der Waals surface area (Å²) in [5.41, 5.74) is 2.99. The van der Waals surface area contributed by atoms with Crippen LogP contribution >= 0.6 is 0 Å². The van der Waals surface area contributed by atoms with E-state index in [-0.39, 0.29) is 6.10 Å². The van der Waals surface area contributed by atoms with Crippen LogP contribution < -0.4 is 5.48 Å². The zero-order valence-corrected chi connectivity index (χ0v) is 11.0. The van der Waals surface area contributed by atoms with Gasteiger partial charge in [-0.15, -0.1) is 0 Å². The van der Waals surface area contributed by atoms with Gasteiger partial charge < -0.3 is 9.57 Å². The average molecular weight is 230 g/mol. The average Bonchev–Trinajstić information content (AvgIpc) is 2.24. The Kier molecular flexibility index (Phi) is 6.28. The van der Waals surface area contributed by atoms with Crippen molar-refractivity contribution in [3.8, 4) is 0 Å². The van der Waals surface area contributed by atoms with Gasteiger partial charge in [-0.2, -0.15) is 5.48 Å². The van der Waals surface area contributed by atoms with E-state index in [2.05, 4.69) is 38.1 Å². The third kappa shape index (κ3) is 5.25. The fourth-order valence-corrected chi connectivity index (χ4v) is 1.71. The Morgan fingerprint density at radius 3 is 2.75 bits per heavy atom. The maximum Gasteiger partial charge on any atom is 0.0850 e. The minimum atomic E-state index is 0.253. The molecule has 0 bridgehead atoms. The SMILES string of the molecule is CC(C)CONCC1CN(C(C)C)CCO1. The lowest BCUT2D eigenvalue weighted by Crippen LogP contribution is -2.49. The first-order valence-electron chi connectivity index (χ1n) is 6.30. The minimum absolute atomic E-state index is 0.253. The topological polar surface area (TPSA) is 33.7 Å². The highest BCUT2D eigenvalue weighted by molar-refractivity contribution is 4.74. The molecule has 0 amide bonds. The molecule has 4 heteroatoms. The Balaban J connectivity index is 2.12. The second-order valence-electron chi connectivity index (χ2n) is 5.13. The number of morpholine rings is 1. The zero-order chi connectivity index (χ0) is 12.0. The van der Waals surface area contributed by atoms with E-state index in [0.29, 0.717) is 12.0 Å². The van der Waals surface area contributed by atoms with Crippen LogP contribution in [0.1, 0.15) is 27.7 Å². The number of nitrogens with zero attached hydrogens (tertiary/aromatic N) is 1. The van der Waals surface area contributed by atoms with Crippen molar-refractivity contribution in [2.24, 2.45) is 5.92 Å². The first kappa shape index (κ1) is 13.9. The van der Waals surface area contributed by atoms with E-state index >= 15 is 0 Å². The van der Waals surface area contributed by atoms with Crippen LogP contribution in [0.4, 0.5) is 0 Å². The summed E-state index contributed by atoms with van der Waals surface area (Å²) in [5.74, 6) is 0.562. The molecule has 0 aromatic heterocycles. The summed E-state index contributed by atoms with van der Waals surface area (Å²) in [6, 6.07) is 0.600. The third-order valence-electron chi connectivity index (χ3n) is 2.73. The van der Waals surface area contributed by atoms with E-state index < -0.39 is 0 Å². The van der Waals surface area contributed by atoms with Crippen LogP contribution in [0.3, 0.4) is 0 Å². The van der Waals surface area contributed by atoms with Gasteiger partial charge >= 0.3 is 0 Å². The summed E-state index contributed by atoms with van der Waals surface area (Å²) in [6.07, 6.45) is 0.253. The van der Waals surface area contributed by atoms with Crippen molar-refractivity contribution in [3.63, 3.8) is 0 Å².